The van der Waals surface area contributed by atoms with Crippen molar-refractivity contribution in [3.8, 4) is 5.75 Å². The number of amides is 1. The summed E-state index contributed by atoms with van der Waals surface area (Å²) < 4.78 is 0.858. The SMILES string of the molecule is NC(=O)C1=C(O)C2(O)C(=O)C3=C(O)c4c(O)c(CSC5CCCCC5)cc(I)c4CC3CC2CC1=O. The molecule has 3 atom stereocenters. The van der Waals surface area contributed by atoms with Crippen molar-refractivity contribution in [1.82, 2.24) is 0 Å². The molecule has 1 amide bonds. The lowest BCUT2D eigenvalue weighted by Gasteiger charge is -2.46. The number of primary amides is 1. The van der Waals surface area contributed by atoms with Crippen molar-refractivity contribution in [3.05, 3.63) is 43.2 Å². The second kappa shape index (κ2) is 9.36. The lowest BCUT2D eigenvalue weighted by atomic mass is 9.59. The van der Waals surface area contributed by atoms with Gasteiger partial charge in [-0.15, -0.1) is 0 Å². The zero-order valence-electron chi connectivity index (χ0n) is 19.6. The van der Waals surface area contributed by atoms with E-state index < -0.39 is 52.0 Å². The van der Waals surface area contributed by atoms with Gasteiger partial charge in [-0.3, -0.25) is 14.4 Å². The van der Waals surface area contributed by atoms with Crippen LogP contribution in [0.3, 0.4) is 0 Å². The van der Waals surface area contributed by atoms with Crippen molar-refractivity contribution in [2.75, 3.05) is 0 Å². The molecule has 4 aliphatic rings. The van der Waals surface area contributed by atoms with E-state index in [1.807, 2.05) is 6.07 Å². The maximum atomic E-state index is 13.6. The van der Waals surface area contributed by atoms with Crippen molar-refractivity contribution >= 4 is 57.6 Å². The van der Waals surface area contributed by atoms with Crippen LogP contribution in [0.15, 0.2) is 23.0 Å². The van der Waals surface area contributed by atoms with E-state index >= 15 is 0 Å². The number of halogens is 1. The normalized spacial score (nSPS) is 28.6. The molecule has 36 heavy (non-hydrogen) atoms. The van der Waals surface area contributed by atoms with E-state index in [2.05, 4.69) is 22.6 Å². The number of nitrogens with two attached hydrogens (primary N) is 1. The Kier molecular flexibility index (Phi) is 6.65. The third-order valence-corrected chi connectivity index (χ3v) is 10.5. The van der Waals surface area contributed by atoms with Crippen LogP contribution in [0.5, 0.6) is 5.75 Å². The van der Waals surface area contributed by atoms with E-state index in [9.17, 15) is 34.8 Å². The summed E-state index contributed by atoms with van der Waals surface area (Å²) in [5.41, 5.74) is 3.37. The third-order valence-electron chi connectivity index (χ3n) is 8.11. The minimum atomic E-state index is -2.53. The van der Waals surface area contributed by atoms with Gasteiger partial charge in [0, 0.05) is 38.0 Å². The molecule has 2 saturated carbocycles. The summed E-state index contributed by atoms with van der Waals surface area (Å²) in [5, 5.41) is 45.0. The molecule has 192 valence electrons. The number of hydrogen-bond donors (Lipinski definition) is 5. The molecule has 6 N–H and O–H groups in total. The van der Waals surface area contributed by atoms with Crippen molar-refractivity contribution in [2.45, 2.75) is 68.0 Å². The Morgan fingerprint density at radius 3 is 2.50 bits per heavy atom. The largest absolute Gasteiger partial charge is 0.508 e. The summed E-state index contributed by atoms with van der Waals surface area (Å²) in [6, 6.07) is 1.92. The van der Waals surface area contributed by atoms with Gasteiger partial charge in [0.25, 0.3) is 5.91 Å². The third kappa shape index (κ3) is 3.87. The fourth-order valence-corrected chi connectivity index (χ4v) is 8.41. The van der Waals surface area contributed by atoms with Gasteiger partial charge in [-0.25, -0.2) is 0 Å². The molecular weight excluding hydrogens is 597 g/mol. The van der Waals surface area contributed by atoms with Crippen molar-refractivity contribution in [1.29, 1.82) is 0 Å². The number of hydrogen-bond acceptors (Lipinski definition) is 8. The Labute approximate surface area is 226 Å². The molecule has 5 rings (SSSR count). The number of aliphatic hydroxyl groups is 3. The Hall–Kier alpha value is -2.05. The predicted octanol–water partition coefficient (Wildman–Crippen LogP) is 3.59. The summed E-state index contributed by atoms with van der Waals surface area (Å²) in [6.45, 7) is 0. The Balaban J connectivity index is 1.56. The summed E-state index contributed by atoms with van der Waals surface area (Å²) in [4.78, 5) is 37.8. The Bertz CT molecular complexity index is 1250. The van der Waals surface area contributed by atoms with Crippen LogP contribution < -0.4 is 5.73 Å². The topological polar surface area (TPSA) is 158 Å². The van der Waals surface area contributed by atoms with Crippen LogP contribution in [0.2, 0.25) is 0 Å². The van der Waals surface area contributed by atoms with Gasteiger partial charge in [0.2, 0.25) is 5.78 Å². The highest BCUT2D eigenvalue weighted by molar-refractivity contribution is 14.1. The number of thioether (sulfide) groups is 1. The minimum Gasteiger partial charge on any atom is -0.508 e. The number of aliphatic hydroxyl groups excluding tert-OH is 2. The molecule has 2 fully saturated rings. The molecule has 4 aliphatic carbocycles. The molecule has 10 heteroatoms. The second-order valence-corrected chi connectivity index (χ2v) is 12.6. The quantitative estimate of drug-likeness (QED) is 0.251. The first-order chi connectivity index (χ1) is 17.1. The van der Waals surface area contributed by atoms with Crippen LogP contribution in [0.4, 0.5) is 0 Å². The van der Waals surface area contributed by atoms with Crippen molar-refractivity contribution in [2.24, 2.45) is 17.6 Å². The van der Waals surface area contributed by atoms with Gasteiger partial charge in [0.15, 0.2) is 11.4 Å². The molecule has 1 aromatic rings. The fourth-order valence-electron chi connectivity index (χ4n) is 6.25. The molecule has 8 nitrogen and oxygen atoms in total. The number of fused-ring (bicyclic) bond motifs is 3. The Morgan fingerprint density at radius 2 is 1.83 bits per heavy atom. The van der Waals surface area contributed by atoms with Gasteiger partial charge in [-0.05, 0) is 65.8 Å². The Morgan fingerprint density at radius 1 is 1.14 bits per heavy atom. The number of phenols is 1. The van der Waals surface area contributed by atoms with E-state index in [0.717, 1.165) is 16.4 Å². The van der Waals surface area contributed by atoms with Gasteiger partial charge in [-0.2, -0.15) is 11.8 Å². The molecule has 0 bridgehead atoms. The second-order valence-electron chi connectivity index (χ2n) is 10.2. The first-order valence-corrected chi connectivity index (χ1v) is 14.3. The standard InChI is InChI=1S/C26H28INO7S/c27-16-8-12(10-36-14-4-2-1-3-5-14)21(30)19-15(16)7-11-6-13-9-17(29)20(25(28)34)24(33)26(13,35)23(32)18(11)22(19)31/h8,11,13-14,30-31,33,35H,1-7,9-10H2,(H2,28,34). The molecular formula is C26H28INO7S. The van der Waals surface area contributed by atoms with E-state index in [1.54, 1.807) is 11.8 Å². The summed E-state index contributed by atoms with van der Waals surface area (Å²) >= 11 is 3.96. The summed E-state index contributed by atoms with van der Waals surface area (Å²) in [5.74, 6) is -5.38. The van der Waals surface area contributed by atoms with E-state index in [1.165, 1.54) is 19.3 Å². The highest BCUT2D eigenvalue weighted by Crippen LogP contribution is 2.53. The predicted molar refractivity (Wildman–Crippen MR) is 142 cm³/mol. The highest BCUT2D eigenvalue weighted by atomic mass is 127. The number of benzene rings is 1. The number of carbonyl (C=O) groups is 3. The summed E-state index contributed by atoms with van der Waals surface area (Å²) in [7, 11) is 0. The lowest BCUT2D eigenvalue weighted by Crippen LogP contribution is -2.58. The van der Waals surface area contributed by atoms with Crippen molar-refractivity contribution < 1.29 is 34.8 Å². The van der Waals surface area contributed by atoms with Crippen LogP contribution in [0.25, 0.3) is 5.76 Å². The zero-order chi connectivity index (χ0) is 25.9. The first-order valence-electron chi connectivity index (χ1n) is 12.2. The first kappa shape index (κ1) is 25.6. The molecule has 1 aromatic carbocycles. The number of rotatable bonds is 4. The molecule has 0 saturated heterocycles. The smallest absolute Gasteiger partial charge is 0.255 e. The van der Waals surface area contributed by atoms with Crippen LogP contribution >= 0.6 is 34.4 Å². The van der Waals surface area contributed by atoms with E-state index in [-0.39, 0.29) is 29.7 Å². The number of phenolic OH excluding ortho intramolecular Hbond substituents is 1. The van der Waals surface area contributed by atoms with Gasteiger partial charge >= 0.3 is 0 Å². The van der Waals surface area contributed by atoms with E-state index in [4.69, 9.17) is 5.73 Å². The van der Waals surface area contributed by atoms with Gasteiger partial charge < -0.3 is 26.2 Å². The summed E-state index contributed by atoms with van der Waals surface area (Å²) in [6.07, 6.45) is 6.10. The fraction of sp³-hybridized carbons (Fsp3) is 0.500. The molecule has 0 aliphatic heterocycles. The molecule has 3 unspecified atom stereocenters. The van der Waals surface area contributed by atoms with Crippen LogP contribution in [-0.2, 0) is 26.6 Å². The van der Waals surface area contributed by atoms with E-state index in [0.29, 0.717) is 28.6 Å². The highest BCUT2D eigenvalue weighted by Gasteiger charge is 2.60. The maximum absolute atomic E-state index is 13.6. The lowest BCUT2D eigenvalue weighted by molar-refractivity contribution is -0.147. The average Bonchev–Trinajstić information content (AvgIpc) is 2.83. The maximum Gasteiger partial charge on any atom is 0.255 e. The van der Waals surface area contributed by atoms with Gasteiger partial charge in [0.05, 0.1) is 5.56 Å². The average molecular weight is 625 g/mol. The molecule has 0 aromatic heterocycles. The van der Waals surface area contributed by atoms with Gasteiger partial charge in [0.1, 0.15) is 22.8 Å². The van der Waals surface area contributed by atoms with Crippen LogP contribution in [0, 0.1) is 15.4 Å². The number of carbonyl (C=O) groups excluding carboxylic acids is 3. The number of aromatic hydroxyl groups is 1. The zero-order valence-corrected chi connectivity index (χ0v) is 22.5. The molecule has 0 heterocycles. The number of ketones is 2. The molecule has 0 radical (unpaired) electrons. The minimum absolute atomic E-state index is 0.0875. The monoisotopic (exact) mass is 625 g/mol. The van der Waals surface area contributed by atoms with Crippen LogP contribution in [-0.4, -0.2) is 48.8 Å². The molecule has 0 spiro atoms. The van der Waals surface area contributed by atoms with Gasteiger partial charge in [-0.1, -0.05) is 19.3 Å². The van der Waals surface area contributed by atoms with Crippen molar-refractivity contribution in [3.63, 3.8) is 0 Å². The van der Waals surface area contributed by atoms with Crippen LogP contribution in [0.1, 0.15) is 61.6 Å². The number of Topliss-reactive ketones (excluding diaryl/α,β-unsaturated/α-hetero) is 2.